The number of H-pyrrole nitrogens is 1. The highest BCUT2D eigenvalue weighted by Crippen LogP contribution is 2.18. The number of benzene rings is 1. The van der Waals surface area contributed by atoms with E-state index >= 15 is 0 Å². The highest BCUT2D eigenvalue weighted by molar-refractivity contribution is 7.85. The maximum absolute atomic E-state index is 12.5. The number of nitrogens with one attached hydrogen (secondary N) is 1. The first-order valence-corrected chi connectivity index (χ1v) is 8.93. The van der Waals surface area contributed by atoms with Crippen LogP contribution in [0.3, 0.4) is 0 Å². The predicted molar refractivity (Wildman–Crippen MR) is 94.3 cm³/mol. The van der Waals surface area contributed by atoms with E-state index in [-0.39, 0.29) is 21.9 Å². The average molecular weight is 345 g/mol. The number of nitrogen functional groups attached to an aromatic ring is 1. The molecule has 0 saturated heterocycles. The first-order chi connectivity index (χ1) is 11.5. The quantitative estimate of drug-likeness (QED) is 0.684. The number of aromatic nitrogens is 4. The summed E-state index contributed by atoms with van der Waals surface area (Å²) in [5.41, 5.74) is 7.34. The molecule has 7 nitrogen and oxygen atoms in total. The van der Waals surface area contributed by atoms with Gasteiger partial charge in [-0.1, -0.05) is 44.2 Å². The highest BCUT2D eigenvalue weighted by atomic mass is 32.2. The molecule has 126 valence electrons. The summed E-state index contributed by atoms with van der Waals surface area (Å²) in [4.78, 5) is 23.4. The monoisotopic (exact) mass is 345 g/mol. The van der Waals surface area contributed by atoms with E-state index in [0.29, 0.717) is 17.7 Å². The van der Waals surface area contributed by atoms with Gasteiger partial charge in [0.25, 0.3) is 0 Å². The van der Waals surface area contributed by atoms with E-state index < -0.39 is 10.8 Å². The Hall–Kier alpha value is -2.48. The maximum Gasteiger partial charge on any atom is 0.328 e. The molecule has 3 N–H and O–H groups in total. The number of anilines is 1. The van der Waals surface area contributed by atoms with Crippen molar-refractivity contribution >= 4 is 27.8 Å². The van der Waals surface area contributed by atoms with Gasteiger partial charge in [0, 0.05) is 5.25 Å². The molecule has 8 heteroatoms. The van der Waals surface area contributed by atoms with Crippen molar-refractivity contribution in [1.29, 1.82) is 0 Å². The fourth-order valence-electron chi connectivity index (χ4n) is 2.36. The lowest BCUT2D eigenvalue weighted by Crippen LogP contribution is -2.18. The number of hydrogen-bond acceptors (Lipinski definition) is 5. The Balaban J connectivity index is 2.13. The van der Waals surface area contributed by atoms with E-state index in [0.717, 1.165) is 12.0 Å². The molecule has 24 heavy (non-hydrogen) atoms. The van der Waals surface area contributed by atoms with Crippen molar-refractivity contribution in [3.05, 3.63) is 46.4 Å². The number of aromatic amines is 1. The van der Waals surface area contributed by atoms with Crippen LogP contribution in [-0.4, -0.2) is 29.0 Å². The Labute approximate surface area is 141 Å². The molecule has 1 aromatic carbocycles. The molecule has 0 bridgehead atoms. The van der Waals surface area contributed by atoms with Gasteiger partial charge in [0.2, 0.25) is 5.16 Å². The highest BCUT2D eigenvalue weighted by Gasteiger charge is 2.19. The van der Waals surface area contributed by atoms with Crippen molar-refractivity contribution in [3.63, 3.8) is 0 Å². The lowest BCUT2D eigenvalue weighted by molar-refractivity contribution is 0.662. The molecule has 0 fully saturated rings. The molecule has 0 aliphatic carbocycles. The van der Waals surface area contributed by atoms with E-state index in [1.54, 1.807) is 0 Å². The largest absolute Gasteiger partial charge is 0.382 e. The minimum Gasteiger partial charge on any atom is -0.382 e. The van der Waals surface area contributed by atoms with Crippen LogP contribution in [0.4, 0.5) is 5.82 Å². The van der Waals surface area contributed by atoms with Gasteiger partial charge in [0.15, 0.2) is 11.5 Å². The number of rotatable bonds is 5. The Morgan fingerprint density at radius 2 is 2.00 bits per heavy atom. The normalized spacial score (nSPS) is 13.9. The summed E-state index contributed by atoms with van der Waals surface area (Å²) in [6, 6.07) is 9.57. The number of imidazole rings is 1. The van der Waals surface area contributed by atoms with Crippen LogP contribution in [0, 0.1) is 0 Å². The van der Waals surface area contributed by atoms with Crippen molar-refractivity contribution < 1.29 is 4.21 Å². The van der Waals surface area contributed by atoms with Crippen molar-refractivity contribution in [1.82, 2.24) is 19.5 Å². The van der Waals surface area contributed by atoms with Crippen molar-refractivity contribution in [3.8, 4) is 0 Å². The molecule has 2 unspecified atom stereocenters. The van der Waals surface area contributed by atoms with Crippen LogP contribution in [0.5, 0.6) is 0 Å². The van der Waals surface area contributed by atoms with Crippen molar-refractivity contribution in [2.75, 3.05) is 5.73 Å². The number of nitrogens with two attached hydrogens (primary N) is 1. The Bertz CT molecular complexity index is 948. The minimum absolute atomic E-state index is 0.0879. The molecule has 0 radical (unpaired) electrons. The second-order valence-electron chi connectivity index (χ2n) is 5.61. The van der Waals surface area contributed by atoms with Gasteiger partial charge >= 0.3 is 5.69 Å². The number of fused-ring (bicyclic) bond motifs is 1. The molecule has 2 aromatic heterocycles. The van der Waals surface area contributed by atoms with Crippen LogP contribution in [0.1, 0.15) is 25.8 Å². The zero-order valence-corrected chi connectivity index (χ0v) is 14.3. The van der Waals surface area contributed by atoms with E-state index in [1.807, 2.05) is 44.2 Å². The summed E-state index contributed by atoms with van der Waals surface area (Å²) in [7, 11) is -1.37. The molecule has 0 saturated carbocycles. The smallest absolute Gasteiger partial charge is 0.328 e. The van der Waals surface area contributed by atoms with Crippen molar-refractivity contribution in [2.45, 2.75) is 37.2 Å². The van der Waals surface area contributed by atoms with Gasteiger partial charge in [-0.2, -0.15) is 0 Å². The molecule has 0 aliphatic heterocycles. The van der Waals surface area contributed by atoms with E-state index in [1.165, 1.54) is 4.57 Å². The minimum atomic E-state index is -1.37. The molecule has 3 rings (SSSR count). The zero-order chi connectivity index (χ0) is 17.3. The topological polar surface area (TPSA) is 107 Å². The van der Waals surface area contributed by atoms with Crippen LogP contribution >= 0.6 is 0 Å². The first kappa shape index (κ1) is 16.4. The standard InChI is InChI=1S/C16H19N5O2S/c1-3-10(2)24(23)15-19-13(17)12-14(20-15)21(16(22)18-12)9-11-7-5-4-6-8-11/h4-8,10H,3,9H2,1-2H3,(H,18,22)(H2,17,19,20). The number of hydrogen-bond donors (Lipinski definition) is 2. The van der Waals surface area contributed by atoms with Gasteiger partial charge in [0.1, 0.15) is 5.52 Å². The fraction of sp³-hybridized carbons (Fsp3) is 0.312. The van der Waals surface area contributed by atoms with E-state index in [2.05, 4.69) is 15.0 Å². The van der Waals surface area contributed by atoms with Gasteiger partial charge in [-0.05, 0) is 12.0 Å². The van der Waals surface area contributed by atoms with E-state index in [9.17, 15) is 9.00 Å². The maximum atomic E-state index is 12.5. The first-order valence-electron chi connectivity index (χ1n) is 7.71. The van der Waals surface area contributed by atoms with Gasteiger partial charge < -0.3 is 10.7 Å². The summed E-state index contributed by atoms with van der Waals surface area (Å²) in [5, 5.41) is 0.0743. The summed E-state index contributed by atoms with van der Waals surface area (Å²) < 4.78 is 14.0. The van der Waals surface area contributed by atoms with Crippen LogP contribution in [0.15, 0.2) is 40.3 Å². The van der Waals surface area contributed by atoms with Gasteiger partial charge in [0.05, 0.1) is 17.3 Å². The molecule has 0 amide bonds. The second-order valence-corrected chi connectivity index (χ2v) is 7.37. The molecule has 2 heterocycles. The molecular weight excluding hydrogens is 326 g/mol. The van der Waals surface area contributed by atoms with Crippen LogP contribution in [0.25, 0.3) is 11.2 Å². The molecule has 0 aliphatic rings. The molecule has 0 spiro atoms. The van der Waals surface area contributed by atoms with Gasteiger partial charge in [-0.3, -0.25) is 8.78 Å². The molecule has 2 atom stereocenters. The van der Waals surface area contributed by atoms with E-state index in [4.69, 9.17) is 5.73 Å². The Morgan fingerprint density at radius 1 is 1.29 bits per heavy atom. The lowest BCUT2D eigenvalue weighted by Gasteiger charge is -2.09. The zero-order valence-electron chi connectivity index (χ0n) is 13.5. The summed E-state index contributed by atoms with van der Waals surface area (Å²) in [6.07, 6.45) is 0.734. The Kier molecular flexibility index (Phi) is 4.48. The second kappa shape index (κ2) is 6.56. The third-order valence-corrected chi connectivity index (χ3v) is 5.54. The van der Waals surface area contributed by atoms with Crippen LogP contribution in [0.2, 0.25) is 0 Å². The summed E-state index contributed by atoms with van der Waals surface area (Å²) in [6.45, 7) is 4.17. The Morgan fingerprint density at radius 3 is 2.67 bits per heavy atom. The SMILES string of the molecule is CCC(C)S(=O)c1nc(N)c2[nH]c(=O)n(Cc3ccccc3)c2n1. The van der Waals surface area contributed by atoms with Gasteiger partial charge in [-0.25, -0.2) is 14.8 Å². The lowest BCUT2D eigenvalue weighted by atomic mass is 10.2. The average Bonchev–Trinajstić information content (AvgIpc) is 2.91. The van der Waals surface area contributed by atoms with Crippen molar-refractivity contribution in [2.24, 2.45) is 0 Å². The molecule has 3 aromatic rings. The fourth-order valence-corrected chi connectivity index (χ4v) is 3.39. The van der Waals surface area contributed by atoms with Crippen LogP contribution in [-0.2, 0) is 17.3 Å². The molecular formula is C16H19N5O2S. The summed E-state index contributed by atoms with van der Waals surface area (Å²) >= 11 is 0. The van der Waals surface area contributed by atoms with Crippen LogP contribution < -0.4 is 11.4 Å². The third kappa shape index (κ3) is 2.96. The van der Waals surface area contributed by atoms with Gasteiger partial charge in [-0.15, -0.1) is 0 Å². The summed E-state index contributed by atoms with van der Waals surface area (Å²) in [5.74, 6) is 0.135. The number of nitrogens with zero attached hydrogens (tertiary/aromatic N) is 3. The predicted octanol–water partition coefficient (Wildman–Crippen LogP) is 1.66. The third-order valence-electron chi connectivity index (χ3n) is 3.93.